The topological polar surface area (TPSA) is 48.9 Å². The largest absolute Gasteiger partial charge is 0.379 e. The minimum atomic E-state index is 0. The second kappa shape index (κ2) is 10.5. The first-order valence-electron chi connectivity index (χ1n) is 8.89. The molecular formula is C18H28ClIN4O. The summed E-state index contributed by atoms with van der Waals surface area (Å²) in [4.78, 5) is 7.27. The van der Waals surface area contributed by atoms with Crippen molar-refractivity contribution in [3.05, 3.63) is 34.9 Å². The highest BCUT2D eigenvalue weighted by atomic mass is 127. The maximum absolute atomic E-state index is 6.47. The summed E-state index contributed by atoms with van der Waals surface area (Å²) < 4.78 is 5.51. The van der Waals surface area contributed by atoms with E-state index in [1.54, 1.807) is 0 Å². The zero-order chi connectivity index (χ0) is 16.8. The first kappa shape index (κ1) is 20.7. The normalized spacial score (nSPS) is 19.8. The first-order valence-corrected chi connectivity index (χ1v) is 9.26. The highest BCUT2D eigenvalue weighted by Crippen LogP contribution is 2.28. The molecule has 1 aromatic carbocycles. The van der Waals surface area contributed by atoms with E-state index in [4.69, 9.17) is 21.3 Å². The molecular weight excluding hydrogens is 451 g/mol. The fraction of sp³-hybridized carbons (Fsp3) is 0.611. The number of nitrogens with zero attached hydrogens (tertiary/aromatic N) is 2. The zero-order valence-electron chi connectivity index (χ0n) is 14.7. The van der Waals surface area contributed by atoms with Gasteiger partial charge >= 0.3 is 0 Å². The number of hydrogen-bond donors (Lipinski definition) is 2. The number of nitrogens with one attached hydrogen (secondary N) is 2. The number of aliphatic imine (C=N–C) groups is 1. The van der Waals surface area contributed by atoms with Gasteiger partial charge in [0, 0.05) is 30.7 Å². The van der Waals surface area contributed by atoms with Crippen molar-refractivity contribution in [2.45, 2.75) is 31.8 Å². The van der Waals surface area contributed by atoms with Gasteiger partial charge in [-0.1, -0.05) is 29.8 Å². The van der Waals surface area contributed by atoms with E-state index >= 15 is 0 Å². The molecule has 140 valence electrons. The van der Waals surface area contributed by atoms with Gasteiger partial charge in [0.05, 0.1) is 25.8 Å². The Morgan fingerprint density at radius 3 is 2.68 bits per heavy atom. The number of benzene rings is 1. The average Bonchev–Trinajstić information content (AvgIpc) is 3.42. The van der Waals surface area contributed by atoms with Gasteiger partial charge in [-0.2, -0.15) is 0 Å². The van der Waals surface area contributed by atoms with Crippen molar-refractivity contribution in [1.29, 1.82) is 0 Å². The Balaban J connectivity index is 0.00000225. The van der Waals surface area contributed by atoms with Crippen molar-refractivity contribution in [3.8, 4) is 0 Å². The van der Waals surface area contributed by atoms with Gasteiger partial charge in [-0.3, -0.25) is 9.89 Å². The molecule has 1 saturated heterocycles. The van der Waals surface area contributed by atoms with Crippen molar-refractivity contribution < 1.29 is 4.74 Å². The Labute approximate surface area is 172 Å². The van der Waals surface area contributed by atoms with Crippen LogP contribution in [0, 0.1) is 0 Å². The van der Waals surface area contributed by atoms with Crippen LogP contribution in [-0.2, 0) is 4.74 Å². The molecule has 1 aliphatic carbocycles. The summed E-state index contributed by atoms with van der Waals surface area (Å²) in [6, 6.07) is 8.86. The van der Waals surface area contributed by atoms with Gasteiger partial charge in [-0.25, -0.2) is 0 Å². The van der Waals surface area contributed by atoms with Crippen LogP contribution in [0.2, 0.25) is 5.02 Å². The van der Waals surface area contributed by atoms with E-state index < -0.39 is 0 Å². The van der Waals surface area contributed by atoms with Gasteiger partial charge in [-0.15, -0.1) is 24.0 Å². The van der Waals surface area contributed by atoms with E-state index in [1.807, 2.05) is 18.2 Å². The van der Waals surface area contributed by atoms with Crippen molar-refractivity contribution >= 4 is 41.5 Å². The second-order valence-corrected chi connectivity index (χ2v) is 6.73. The van der Waals surface area contributed by atoms with Crippen LogP contribution in [0.3, 0.4) is 0 Å². The maximum atomic E-state index is 6.47. The minimum absolute atomic E-state index is 0. The van der Waals surface area contributed by atoms with Crippen LogP contribution in [0.4, 0.5) is 0 Å². The lowest BCUT2D eigenvalue weighted by molar-refractivity contribution is 0.0180. The third-order valence-corrected chi connectivity index (χ3v) is 4.78. The van der Waals surface area contributed by atoms with E-state index in [9.17, 15) is 0 Å². The molecule has 2 fully saturated rings. The highest BCUT2D eigenvalue weighted by molar-refractivity contribution is 14.0. The summed E-state index contributed by atoms with van der Waals surface area (Å²) in [6.07, 6.45) is 2.48. The number of guanidine groups is 1. The fourth-order valence-electron chi connectivity index (χ4n) is 2.96. The SMILES string of the molecule is CCNC(=NCC(c1ccccc1Cl)N1CCOCC1)NC1CC1.I. The molecule has 2 N–H and O–H groups in total. The monoisotopic (exact) mass is 478 g/mol. The molecule has 2 aliphatic rings. The van der Waals surface area contributed by atoms with E-state index in [0.717, 1.165) is 49.4 Å². The number of rotatable bonds is 6. The Bertz CT molecular complexity index is 562. The van der Waals surface area contributed by atoms with Crippen LogP contribution in [0.5, 0.6) is 0 Å². The molecule has 0 amide bonds. The van der Waals surface area contributed by atoms with Gasteiger partial charge < -0.3 is 15.4 Å². The molecule has 0 spiro atoms. The number of halogens is 2. The fourth-order valence-corrected chi connectivity index (χ4v) is 3.23. The van der Waals surface area contributed by atoms with Gasteiger partial charge in [0.2, 0.25) is 0 Å². The Kier molecular flexibility index (Phi) is 8.75. The molecule has 1 unspecified atom stereocenters. The van der Waals surface area contributed by atoms with Crippen molar-refractivity contribution in [2.24, 2.45) is 4.99 Å². The van der Waals surface area contributed by atoms with Gasteiger partial charge in [0.1, 0.15) is 0 Å². The predicted octanol–water partition coefficient (Wildman–Crippen LogP) is 3.05. The van der Waals surface area contributed by atoms with E-state index in [2.05, 4.69) is 28.5 Å². The van der Waals surface area contributed by atoms with Crippen molar-refractivity contribution in [2.75, 3.05) is 39.4 Å². The van der Waals surface area contributed by atoms with Crippen LogP contribution >= 0.6 is 35.6 Å². The van der Waals surface area contributed by atoms with E-state index in [1.165, 1.54) is 12.8 Å². The zero-order valence-corrected chi connectivity index (χ0v) is 17.8. The summed E-state index contributed by atoms with van der Waals surface area (Å²) in [6.45, 7) is 7.02. The number of ether oxygens (including phenoxy) is 1. The van der Waals surface area contributed by atoms with Crippen LogP contribution in [-0.4, -0.2) is 56.3 Å². The Morgan fingerprint density at radius 1 is 1.32 bits per heavy atom. The van der Waals surface area contributed by atoms with Crippen molar-refractivity contribution in [3.63, 3.8) is 0 Å². The second-order valence-electron chi connectivity index (χ2n) is 6.32. The lowest BCUT2D eigenvalue weighted by Gasteiger charge is -2.34. The summed E-state index contributed by atoms with van der Waals surface area (Å²) in [5.74, 6) is 0.908. The molecule has 0 radical (unpaired) electrons. The number of hydrogen-bond acceptors (Lipinski definition) is 3. The molecule has 1 aromatic rings. The minimum Gasteiger partial charge on any atom is -0.379 e. The molecule has 1 atom stereocenters. The quantitative estimate of drug-likeness (QED) is 0.375. The van der Waals surface area contributed by atoms with Crippen LogP contribution in [0.1, 0.15) is 31.4 Å². The smallest absolute Gasteiger partial charge is 0.191 e. The van der Waals surface area contributed by atoms with Crippen LogP contribution in [0.25, 0.3) is 0 Å². The van der Waals surface area contributed by atoms with Crippen molar-refractivity contribution in [1.82, 2.24) is 15.5 Å². The highest BCUT2D eigenvalue weighted by Gasteiger charge is 2.25. The summed E-state index contributed by atoms with van der Waals surface area (Å²) >= 11 is 6.47. The van der Waals surface area contributed by atoms with E-state index in [0.29, 0.717) is 12.6 Å². The van der Waals surface area contributed by atoms with Crippen LogP contribution in [0.15, 0.2) is 29.3 Å². The summed E-state index contributed by atoms with van der Waals surface area (Å²) in [7, 11) is 0. The first-order chi connectivity index (χ1) is 11.8. The molecule has 1 heterocycles. The molecule has 1 aliphatic heterocycles. The Morgan fingerprint density at radius 2 is 2.04 bits per heavy atom. The molecule has 1 saturated carbocycles. The molecule has 0 aromatic heterocycles. The third kappa shape index (κ3) is 6.27. The third-order valence-electron chi connectivity index (χ3n) is 4.44. The Hall–Kier alpha value is -0.570. The predicted molar refractivity (Wildman–Crippen MR) is 114 cm³/mol. The molecule has 25 heavy (non-hydrogen) atoms. The number of morpholine rings is 1. The lowest BCUT2D eigenvalue weighted by atomic mass is 10.0. The van der Waals surface area contributed by atoms with Gasteiger partial charge in [0.15, 0.2) is 5.96 Å². The lowest BCUT2D eigenvalue weighted by Crippen LogP contribution is -2.42. The molecule has 7 heteroatoms. The molecule has 5 nitrogen and oxygen atoms in total. The van der Waals surface area contributed by atoms with Gasteiger partial charge in [0.25, 0.3) is 0 Å². The molecule has 0 bridgehead atoms. The maximum Gasteiger partial charge on any atom is 0.191 e. The standard InChI is InChI=1S/C18H27ClN4O.HI/c1-2-20-18(22-14-7-8-14)21-13-17(23-9-11-24-12-10-23)15-5-3-4-6-16(15)19;/h3-6,14,17H,2,7-13H2,1H3,(H2,20,21,22);1H. The van der Waals surface area contributed by atoms with Gasteiger partial charge in [-0.05, 0) is 31.4 Å². The summed E-state index contributed by atoms with van der Waals surface area (Å²) in [5, 5.41) is 7.63. The van der Waals surface area contributed by atoms with Crippen LogP contribution < -0.4 is 10.6 Å². The average molecular weight is 479 g/mol. The summed E-state index contributed by atoms with van der Waals surface area (Å²) in [5.41, 5.74) is 1.15. The molecule has 3 rings (SSSR count). The van der Waals surface area contributed by atoms with E-state index in [-0.39, 0.29) is 30.0 Å².